The molecule has 0 unspecified atom stereocenters. The zero-order chi connectivity index (χ0) is 18.4. The number of benzene rings is 1. The number of hydrogen-bond acceptors (Lipinski definition) is 5. The van der Waals surface area contributed by atoms with E-state index in [4.69, 9.17) is 5.11 Å². The van der Waals surface area contributed by atoms with E-state index < -0.39 is 5.97 Å². The normalized spacial score (nSPS) is 19.2. The number of nitrogens with one attached hydrogen (secondary N) is 2. The van der Waals surface area contributed by atoms with Crippen molar-refractivity contribution in [2.24, 2.45) is 0 Å². The lowest BCUT2D eigenvalue weighted by Gasteiger charge is -2.41. The van der Waals surface area contributed by atoms with Gasteiger partial charge in [0.25, 0.3) is 0 Å². The molecule has 0 aromatic heterocycles. The number of anilines is 1. The minimum Gasteiger partial charge on any atom is -0.480 e. The first kappa shape index (κ1) is 18.5. The molecule has 2 heterocycles. The van der Waals surface area contributed by atoms with Gasteiger partial charge in [-0.05, 0) is 38.1 Å². The number of carbonyl (C=O) groups is 2. The van der Waals surface area contributed by atoms with Gasteiger partial charge in [-0.2, -0.15) is 0 Å². The number of piperidine rings is 1. The topological polar surface area (TPSA) is 88.1 Å². The first-order valence-corrected chi connectivity index (χ1v) is 9.18. The Morgan fingerprint density at radius 1 is 1.12 bits per heavy atom. The number of carboxylic acids is 1. The highest BCUT2D eigenvalue weighted by Gasteiger charge is 2.27. The maximum absolute atomic E-state index is 12.6. The van der Waals surface area contributed by atoms with Gasteiger partial charge in [-0.1, -0.05) is 18.2 Å². The third-order valence-corrected chi connectivity index (χ3v) is 5.02. The molecule has 0 saturated carbocycles. The van der Waals surface area contributed by atoms with E-state index in [0.29, 0.717) is 24.8 Å². The van der Waals surface area contributed by atoms with E-state index >= 15 is 0 Å². The van der Waals surface area contributed by atoms with Crippen molar-refractivity contribution in [3.8, 4) is 0 Å². The fourth-order valence-corrected chi connectivity index (χ4v) is 3.59. The van der Waals surface area contributed by atoms with Crippen LogP contribution in [0.2, 0.25) is 0 Å². The van der Waals surface area contributed by atoms with Crippen molar-refractivity contribution in [1.29, 1.82) is 0 Å². The van der Waals surface area contributed by atoms with E-state index in [2.05, 4.69) is 15.6 Å². The van der Waals surface area contributed by atoms with Gasteiger partial charge in [0.2, 0.25) is 0 Å². The number of para-hydroxylation sites is 1. The van der Waals surface area contributed by atoms with Crippen LogP contribution in [0.1, 0.15) is 12.8 Å². The van der Waals surface area contributed by atoms with E-state index in [1.54, 1.807) is 17.0 Å². The van der Waals surface area contributed by atoms with Crippen LogP contribution in [0.3, 0.4) is 0 Å². The number of carboxylic acid groups (broad SMARTS) is 1. The van der Waals surface area contributed by atoms with Crippen molar-refractivity contribution < 1.29 is 14.7 Å². The summed E-state index contributed by atoms with van der Waals surface area (Å²) in [5.74, 6) is -0.995. The lowest BCUT2D eigenvalue weighted by Crippen LogP contribution is -2.58. The van der Waals surface area contributed by atoms with Gasteiger partial charge in [0.15, 0.2) is 0 Å². The number of amides is 2. The molecule has 2 fully saturated rings. The molecule has 0 spiro atoms. The highest BCUT2D eigenvalue weighted by molar-refractivity contribution is 5.80. The molecular formula is C18H27N5O3. The Morgan fingerprint density at radius 2 is 1.77 bits per heavy atom. The SMILES string of the molecule is O=C(O)CN(NC(=O)N1CCN(C2CCNCC2)CC1)c1ccccc1. The van der Waals surface area contributed by atoms with E-state index in [0.717, 1.165) is 39.0 Å². The molecule has 1 aromatic rings. The summed E-state index contributed by atoms with van der Waals surface area (Å²) in [6.45, 7) is 4.88. The summed E-state index contributed by atoms with van der Waals surface area (Å²) >= 11 is 0. The number of hydrazine groups is 1. The predicted octanol–water partition coefficient (Wildman–Crippen LogP) is 0.572. The van der Waals surface area contributed by atoms with Crippen LogP contribution in [0, 0.1) is 0 Å². The van der Waals surface area contributed by atoms with Crippen molar-refractivity contribution in [1.82, 2.24) is 20.5 Å². The molecule has 2 amide bonds. The van der Waals surface area contributed by atoms with Crippen molar-refractivity contribution in [2.45, 2.75) is 18.9 Å². The van der Waals surface area contributed by atoms with Gasteiger partial charge < -0.3 is 15.3 Å². The summed E-state index contributed by atoms with van der Waals surface area (Å²) < 4.78 is 0. The third kappa shape index (κ3) is 4.86. The van der Waals surface area contributed by atoms with E-state index in [-0.39, 0.29) is 12.6 Å². The second-order valence-electron chi connectivity index (χ2n) is 6.74. The van der Waals surface area contributed by atoms with Crippen LogP contribution in [0.5, 0.6) is 0 Å². The van der Waals surface area contributed by atoms with Crippen molar-refractivity contribution >= 4 is 17.7 Å². The molecule has 26 heavy (non-hydrogen) atoms. The standard InChI is InChI=1S/C18H27N5O3/c24-17(25)14-23(16-4-2-1-3-5-16)20-18(26)22-12-10-21(11-13-22)15-6-8-19-9-7-15/h1-5,15,19H,6-14H2,(H,20,26)(H,24,25). The van der Waals surface area contributed by atoms with E-state index in [9.17, 15) is 9.59 Å². The number of hydrogen-bond donors (Lipinski definition) is 3. The summed E-state index contributed by atoms with van der Waals surface area (Å²) in [4.78, 5) is 28.0. The van der Waals surface area contributed by atoms with Gasteiger partial charge in [-0.3, -0.25) is 14.7 Å². The number of aliphatic carboxylic acids is 1. The van der Waals surface area contributed by atoms with Crippen LogP contribution in [0.25, 0.3) is 0 Å². The van der Waals surface area contributed by atoms with Gasteiger partial charge in [0.1, 0.15) is 6.54 Å². The number of urea groups is 1. The molecule has 2 aliphatic heterocycles. The van der Waals surface area contributed by atoms with Gasteiger partial charge >= 0.3 is 12.0 Å². The first-order chi connectivity index (χ1) is 12.6. The molecule has 0 atom stereocenters. The Balaban J connectivity index is 1.54. The summed E-state index contributed by atoms with van der Waals surface area (Å²) in [6.07, 6.45) is 2.32. The lowest BCUT2D eigenvalue weighted by atomic mass is 10.0. The average Bonchev–Trinajstić information content (AvgIpc) is 2.68. The molecule has 2 saturated heterocycles. The second kappa shape index (κ2) is 8.86. The van der Waals surface area contributed by atoms with Crippen LogP contribution >= 0.6 is 0 Å². The number of nitrogens with zero attached hydrogens (tertiary/aromatic N) is 3. The maximum Gasteiger partial charge on any atom is 0.336 e. The third-order valence-electron chi connectivity index (χ3n) is 5.02. The van der Waals surface area contributed by atoms with Crippen molar-refractivity contribution in [3.05, 3.63) is 30.3 Å². The number of carbonyl (C=O) groups excluding carboxylic acids is 1. The second-order valence-corrected chi connectivity index (χ2v) is 6.74. The van der Waals surface area contributed by atoms with Crippen LogP contribution in [-0.4, -0.2) is 78.8 Å². The van der Waals surface area contributed by atoms with Crippen LogP contribution in [-0.2, 0) is 4.79 Å². The fourth-order valence-electron chi connectivity index (χ4n) is 3.59. The largest absolute Gasteiger partial charge is 0.480 e. The molecule has 0 bridgehead atoms. The predicted molar refractivity (Wildman–Crippen MR) is 99.0 cm³/mol. The lowest BCUT2D eigenvalue weighted by molar-refractivity contribution is -0.135. The highest BCUT2D eigenvalue weighted by Crippen LogP contribution is 2.15. The Morgan fingerprint density at radius 3 is 2.38 bits per heavy atom. The molecule has 2 aliphatic rings. The monoisotopic (exact) mass is 361 g/mol. The van der Waals surface area contributed by atoms with E-state index in [1.807, 2.05) is 18.2 Å². The molecule has 142 valence electrons. The summed E-state index contributed by atoms with van der Waals surface area (Å²) in [5.41, 5.74) is 3.39. The molecular weight excluding hydrogens is 334 g/mol. The molecule has 0 radical (unpaired) electrons. The zero-order valence-corrected chi connectivity index (χ0v) is 14.9. The molecule has 1 aromatic carbocycles. The van der Waals surface area contributed by atoms with Gasteiger partial charge in [-0.25, -0.2) is 10.2 Å². The quantitative estimate of drug-likeness (QED) is 0.665. The Hall–Kier alpha value is -2.32. The van der Waals surface area contributed by atoms with Gasteiger partial charge in [0.05, 0.1) is 5.69 Å². The first-order valence-electron chi connectivity index (χ1n) is 9.18. The minimum atomic E-state index is -0.995. The van der Waals surface area contributed by atoms with Crippen LogP contribution < -0.4 is 15.8 Å². The van der Waals surface area contributed by atoms with Crippen LogP contribution in [0.4, 0.5) is 10.5 Å². The Kier molecular flexibility index (Phi) is 6.30. The van der Waals surface area contributed by atoms with Crippen molar-refractivity contribution in [2.75, 3.05) is 50.8 Å². The fraction of sp³-hybridized carbons (Fsp3) is 0.556. The summed E-state index contributed by atoms with van der Waals surface area (Å²) in [7, 11) is 0. The van der Waals surface area contributed by atoms with Gasteiger partial charge in [-0.15, -0.1) is 0 Å². The molecule has 3 rings (SSSR count). The molecule has 8 nitrogen and oxygen atoms in total. The maximum atomic E-state index is 12.6. The smallest absolute Gasteiger partial charge is 0.336 e. The zero-order valence-electron chi connectivity index (χ0n) is 14.9. The number of piperazine rings is 1. The summed E-state index contributed by atoms with van der Waals surface area (Å²) in [6, 6.07) is 9.39. The van der Waals surface area contributed by atoms with E-state index in [1.165, 1.54) is 5.01 Å². The Labute approximate surface area is 153 Å². The molecule has 8 heteroatoms. The highest BCUT2D eigenvalue weighted by atomic mass is 16.4. The van der Waals surface area contributed by atoms with Gasteiger partial charge in [0, 0.05) is 32.2 Å². The summed E-state index contributed by atoms with van der Waals surface area (Å²) in [5, 5.41) is 13.9. The Bertz CT molecular complexity index is 598. The molecule has 0 aliphatic carbocycles. The van der Waals surface area contributed by atoms with Crippen molar-refractivity contribution in [3.63, 3.8) is 0 Å². The minimum absolute atomic E-state index is 0.250. The number of rotatable bonds is 5. The average molecular weight is 361 g/mol. The van der Waals surface area contributed by atoms with Crippen LogP contribution in [0.15, 0.2) is 30.3 Å². The molecule has 3 N–H and O–H groups in total.